The van der Waals surface area contributed by atoms with Gasteiger partial charge < -0.3 is 14.8 Å². The maximum atomic E-state index is 14.3. The molecule has 8 nitrogen and oxygen atoms in total. The fourth-order valence-corrected chi connectivity index (χ4v) is 7.14. The van der Waals surface area contributed by atoms with Crippen LogP contribution in [0.2, 0.25) is 0 Å². The van der Waals surface area contributed by atoms with Crippen LogP contribution >= 0.6 is 0 Å². The van der Waals surface area contributed by atoms with Gasteiger partial charge >= 0.3 is 0 Å². The Kier molecular flexibility index (Phi) is 10.8. The lowest BCUT2D eigenvalue weighted by Crippen LogP contribution is -2.53. The van der Waals surface area contributed by atoms with Crippen molar-refractivity contribution in [3.8, 4) is 0 Å². The first-order chi connectivity index (χ1) is 21.8. The number of benzene rings is 4. The number of nitrogens with one attached hydrogen (secondary N) is 1. The lowest BCUT2D eigenvalue weighted by atomic mass is 10.0. The number of hydrogen-bond acceptors (Lipinski definition) is 7. The number of hydrogen-bond donors (Lipinski definition) is 2. The quantitative estimate of drug-likeness (QED) is 0.151. The Balaban J connectivity index is 1.47. The molecule has 0 bridgehead atoms. The Morgan fingerprint density at radius 2 is 1.36 bits per heavy atom. The summed E-state index contributed by atoms with van der Waals surface area (Å²) in [6.07, 6.45) is -0.122. The Hall–Kier alpha value is -4.31. The molecule has 0 aliphatic carbocycles. The molecule has 4 aromatic carbocycles. The van der Waals surface area contributed by atoms with Crippen molar-refractivity contribution in [2.45, 2.75) is 56.8 Å². The molecule has 2 N–H and O–H groups in total. The van der Waals surface area contributed by atoms with E-state index in [0.717, 1.165) is 11.1 Å². The molecule has 3 atom stereocenters. The Morgan fingerprint density at radius 3 is 1.91 bits per heavy atom. The van der Waals surface area contributed by atoms with Gasteiger partial charge in [0.2, 0.25) is 11.8 Å². The molecular weight excluding hydrogens is 586 g/mol. The number of aliphatic hydroxyl groups excluding tert-OH is 1. The third kappa shape index (κ3) is 8.88. The number of aromatic nitrogens is 1. The van der Waals surface area contributed by atoms with Crippen molar-refractivity contribution in [2.75, 3.05) is 5.75 Å². The molecule has 1 amide bonds. The molecule has 0 radical (unpaired) electrons. The third-order valence-corrected chi connectivity index (χ3v) is 9.31. The average molecular weight is 626 g/mol. The van der Waals surface area contributed by atoms with Crippen LogP contribution in [0.15, 0.2) is 120 Å². The number of oxazole rings is 1. The van der Waals surface area contributed by atoms with E-state index in [1.807, 2.05) is 90.7 Å². The predicted molar refractivity (Wildman–Crippen MR) is 176 cm³/mol. The highest BCUT2D eigenvalue weighted by Crippen LogP contribution is 2.25. The van der Waals surface area contributed by atoms with Crippen molar-refractivity contribution in [3.05, 3.63) is 138 Å². The van der Waals surface area contributed by atoms with Crippen molar-refractivity contribution >= 4 is 26.8 Å². The second kappa shape index (κ2) is 15.1. The van der Waals surface area contributed by atoms with Crippen LogP contribution in [0.25, 0.3) is 11.1 Å². The van der Waals surface area contributed by atoms with E-state index in [1.54, 1.807) is 36.4 Å². The van der Waals surface area contributed by atoms with E-state index in [0.29, 0.717) is 42.6 Å². The number of carbonyl (C=O) groups excluding carboxylic acids is 1. The Labute approximate surface area is 264 Å². The Bertz CT molecular complexity index is 1690. The number of sulfone groups is 1. The normalized spacial score (nSPS) is 13.8. The number of para-hydroxylation sites is 2. The minimum atomic E-state index is -3.74. The van der Waals surface area contributed by atoms with E-state index in [9.17, 15) is 18.3 Å². The van der Waals surface area contributed by atoms with Gasteiger partial charge in [-0.15, -0.1) is 0 Å². The summed E-state index contributed by atoms with van der Waals surface area (Å²) < 4.78 is 33.3. The molecule has 5 aromatic rings. The first-order valence-electron chi connectivity index (χ1n) is 15.2. The molecule has 0 aliphatic rings. The predicted octanol–water partition coefficient (Wildman–Crippen LogP) is 5.83. The fourth-order valence-electron chi connectivity index (χ4n) is 5.47. The highest BCUT2D eigenvalue weighted by molar-refractivity contribution is 7.90. The molecule has 0 saturated heterocycles. The van der Waals surface area contributed by atoms with Gasteiger partial charge in [-0.25, -0.2) is 13.4 Å². The molecule has 9 heteroatoms. The van der Waals surface area contributed by atoms with E-state index < -0.39 is 39.7 Å². The van der Waals surface area contributed by atoms with Gasteiger partial charge in [-0.1, -0.05) is 116 Å². The monoisotopic (exact) mass is 625 g/mol. The van der Waals surface area contributed by atoms with E-state index in [4.69, 9.17) is 4.42 Å². The van der Waals surface area contributed by atoms with Crippen LogP contribution in [0.1, 0.15) is 48.5 Å². The molecule has 0 fully saturated rings. The molecule has 0 aliphatic heterocycles. The molecule has 0 spiro atoms. The zero-order valence-corrected chi connectivity index (χ0v) is 26.1. The molecule has 1 aromatic heterocycles. The van der Waals surface area contributed by atoms with E-state index in [-0.39, 0.29) is 11.6 Å². The van der Waals surface area contributed by atoms with Gasteiger partial charge in [0.05, 0.1) is 17.5 Å². The minimum Gasteiger partial charge on any atom is -0.438 e. The van der Waals surface area contributed by atoms with Crippen molar-refractivity contribution in [1.82, 2.24) is 15.2 Å². The molecular formula is C36H39N3O5S. The molecule has 45 heavy (non-hydrogen) atoms. The van der Waals surface area contributed by atoms with Crippen LogP contribution in [-0.4, -0.2) is 47.2 Å². The lowest BCUT2D eigenvalue weighted by molar-refractivity contribution is -0.128. The van der Waals surface area contributed by atoms with Gasteiger partial charge in [-0.05, 0) is 35.2 Å². The summed E-state index contributed by atoms with van der Waals surface area (Å²) in [5.41, 5.74) is 3.70. The first-order valence-corrected chi connectivity index (χ1v) is 17.0. The van der Waals surface area contributed by atoms with Crippen LogP contribution in [0.5, 0.6) is 0 Å². The third-order valence-electron chi connectivity index (χ3n) is 7.71. The highest BCUT2D eigenvalue weighted by atomic mass is 32.2. The maximum Gasteiger partial charge on any atom is 0.238 e. The minimum absolute atomic E-state index is 0.105. The van der Waals surface area contributed by atoms with Crippen LogP contribution < -0.4 is 5.32 Å². The van der Waals surface area contributed by atoms with Crippen LogP contribution in [-0.2, 0) is 33.5 Å². The molecule has 0 saturated carbocycles. The van der Waals surface area contributed by atoms with Crippen molar-refractivity contribution < 1.29 is 22.7 Å². The standard InChI is InChI=1S/C36H39N3O5S/c1-2-14-31(34(40)36-38-30-21-12-13-22-33(30)44-36)37-35(41)32(26-45(42,43)25-29-19-10-5-11-20-29)39(23-27-15-6-3-7-16-27)24-28-17-8-4-9-18-28/h3-13,15-22,31-32,34,40H,2,14,23-26H2,1H3,(H,37,41)/t31-,32-,34?/m0/s1. The smallest absolute Gasteiger partial charge is 0.238 e. The van der Waals surface area contributed by atoms with Gasteiger partial charge in [0.25, 0.3) is 0 Å². The summed E-state index contributed by atoms with van der Waals surface area (Å²) in [5, 5.41) is 14.4. The zero-order valence-electron chi connectivity index (χ0n) is 25.3. The summed E-state index contributed by atoms with van der Waals surface area (Å²) >= 11 is 0. The van der Waals surface area contributed by atoms with E-state index >= 15 is 0 Å². The van der Waals surface area contributed by atoms with Gasteiger partial charge in [-0.2, -0.15) is 0 Å². The largest absolute Gasteiger partial charge is 0.438 e. The summed E-state index contributed by atoms with van der Waals surface area (Å²) in [4.78, 5) is 20.7. The van der Waals surface area contributed by atoms with Gasteiger partial charge in [0.1, 0.15) is 11.6 Å². The number of fused-ring (bicyclic) bond motifs is 1. The Morgan fingerprint density at radius 1 is 0.822 bits per heavy atom. The van der Waals surface area contributed by atoms with E-state index in [2.05, 4.69) is 10.3 Å². The van der Waals surface area contributed by atoms with Crippen molar-refractivity contribution in [3.63, 3.8) is 0 Å². The van der Waals surface area contributed by atoms with Crippen molar-refractivity contribution in [2.24, 2.45) is 0 Å². The average Bonchev–Trinajstić information content (AvgIpc) is 3.49. The van der Waals surface area contributed by atoms with Crippen LogP contribution in [0.3, 0.4) is 0 Å². The summed E-state index contributed by atoms with van der Waals surface area (Å²) in [6.45, 7) is 2.65. The van der Waals surface area contributed by atoms with Crippen molar-refractivity contribution in [1.29, 1.82) is 0 Å². The van der Waals surface area contributed by atoms with Crippen LogP contribution in [0.4, 0.5) is 0 Å². The number of nitrogens with zero attached hydrogens (tertiary/aromatic N) is 2. The number of carbonyl (C=O) groups is 1. The lowest BCUT2D eigenvalue weighted by Gasteiger charge is -2.33. The van der Waals surface area contributed by atoms with Gasteiger partial charge in [0.15, 0.2) is 21.5 Å². The first kappa shape index (κ1) is 32.1. The molecule has 5 rings (SSSR count). The maximum absolute atomic E-state index is 14.3. The SMILES string of the molecule is CCC[C@H](NC(=O)[C@H](CS(=O)(=O)Cc1ccccc1)N(Cc1ccccc1)Cc1ccccc1)C(O)c1nc2ccccc2o1. The van der Waals surface area contributed by atoms with Gasteiger partial charge in [-0.3, -0.25) is 9.69 Å². The molecule has 1 heterocycles. The molecule has 1 unspecified atom stereocenters. The summed E-state index contributed by atoms with van der Waals surface area (Å²) in [7, 11) is -3.74. The second-order valence-corrected chi connectivity index (χ2v) is 13.4. The highest BCUT2D eigenvalue weighted by Gasteiger charge is 2.35. The summed E-state index contributed by atoms with van der Waals surface area (Å²) in [6, 6.07) is 33.8. The van der Waals surface area contributed by atoms with Crippen LogP contribution in [0, 0.1) is 0 Å². The zero-order chi connectivity index (χ0) is 31.6. The number of rotatable bonds is 15. The fraction of sp³-hybridized carbons (Fsp3) is 0.278. The number of aliphatic hydroxyl groups is 1. The summed E-state index contributed by atoms with van der Waals surface area (Å²) in [5.74, 6) is -0.960. The molecule has 234 valence electrons. The van der Waals surface area contributed by atoms with Gasteiger partial charge in [0, 0.05) is 13.1 Å². The van der Waals surface area contributed by atoms with E-state index in [1.165, 1.54) is 0 Å². The number of amides is 1. The topological polar surface area (TPSA) is 113 Å². The second-order valence-electron chi connectivity index (χ2n) is 11.3.